The molecule has 1 amide bonds. The van der Waals surface area contributed by atoms with Gasteiger partial charge < -0.3 is 9.88 Å². The summed E-state index contributed by atoms with van der Waals surface area (Å²) in [4.78, 5) is 12.5. The Hall–Kier alpha value is -1.55. The van der Waals surface area contributed by atoms with E-state index >= 15 is 0 Å². The molecule has 1 heterocycles. The van der Waals surface area contributed by atoms with Crippen molar-refractivity contribution in [2.24, 2.45) is 0 Å². The molecule has 1 atom stereocenters. The van der Waals surface area contributed by atoms with Crippen LogP contribution in [0.15, 0.2) is 47.1 Å². The van der Waals surface area contributed by atoms with E-state index in [0.29, 0.717) is 6.04 Å². The lowest BCUT2D eigenvalue weighted by atomic mass is 9.93. The Kier molecular flexibility index (Phi) is 4.15. The molecule has 1 aromatic carbocycles. The summed E-state index contributed by atoms with van der Waals surface area (Å²) in [5.74, 6) is -0.000578. The maximum atomic E-state index is 12.5. The molecule has 0 radical (unpaired) electrons. The minimum atomic E-state index is -0.0141. The molecule has 0 bridgehead atoms. The van der Waals surface area contributed by atoms with Crippen LogP contribution in [0.5, 0.6) is 0 Å². The molecule has 21 heavy (non-hydrogen) atoms. The van der Waals surface area contributed by atoms with E-state index in [2.05, 4.69) is 25.8 Å². The molecule has 3 nitrogen and oxygen atoms in total. The minimum Gasteiger partial charge on any atom is -0.344 e. The van der Waals surface area contributed by atoms with Crippen molar-refractivity contribution in [2.45, 2.75) is 38.3 Å². The molecule has 3 rings (SSSR count). The quantitative estimate of drug-likeness (QED) is 0.870. The number of aromatic nitrogens is 1. The highest BCUT2D eigenvalue weighted by Gasteiger charge is 2.23. The van der Waals surface area contributed by atoms with Crippen molar-refractivity contribution in [3.63, 3.8) is 0 Å². The summed E-state index contributed by atoms with van der Waals surface area (Å²) >= 11 is 3.47. The average molecular weight is 347 g/mol. The minimum absolute atomic E-state index is 0.000578. The van der Waals surface area contributed by atoms with Gasteiger partial charge in [0.05, 0.1) is 6.04 Å². The van der Waals surface area contributed by atoms with Gasteiger partial charge in [-0.1, -0.05) is 28.1 Å². The first-order valence-corrected chi connectivity index (χ1v) is 8.17. The van der Waals surface area contributed by atoms with Crippen molar-refractivity contribution >= 4 is 21.8 Å². The first kappa shape index (κ1) is 14.4. The van der Waals surface area contributed by atoms with E-state index in [1.54, 1.807) is 0 Å². The van der Waals surface area contributed by atoms with Gasteiger partial charge in [0.2, 0.25) is 0 Å². The van der Waals surface area contributed by atoms with Crippen molar-refractivity contribution < 1.29 is 4.79 Å². The van der Waals surface area contributed by atoms with E-state index in [9.17, 15) is 4.79 Å². The Balaban J connectivity index is 1.73. The van der Waals surface area contributed by atoms with E-state index in [-0.39, 0.29) is 11.9 Å². The summed E-state index contributed by atoms with van der Waals surface area (Å²) in [6, 6.07) is 12.4. The summed E-state index contributed by atoms with van der Waals surface area (Å²) < 4.78 is 3.14. The van der Waals surface area contributed by atoms with Crippen LogP contribution in [0.3, 0.4) is 0 Å². The summed E-state index contributed by atoms with van der Waals surface area (Å²) in [5, 5.41) is 3.09. The molecule has 0 spiro atoms. The number of hydrogen-bond donors (Lipinski definition) is 1. The lowest BCUT2D eigenvalue weighted by molar-refractivity contribution is 0.0924. The summed E-state index contributed by atoms with van der Waals surface area (Å²) in [6.07, 6.45) is 5.63. The number of amides is 1. The van der Waals surface area contributed by atoms with Gasteiger partial charge in [-0.05, 0) is 56.0 Å². The fraction of sp³-hybridized carbons (Fsp3) is 0.353. The Morgan fingerprint density at radius 1 is 1.33 bits per heavy atom. The number of nitrogens with one attached hydrogen (secondary N) is 1. The van der Waals surface area contributed by atoms with Crippen LogP contribution >= 0.6 is 15.9 Å². The van der Waals surface area contributed by atoms with Gasteiger partial charge in [-0.25, -0.2) is 0 Å². The van der Waals surface area contributed by atoms with E-state index in [1.807, 2.05) is 49.5 Å². The number of hydrogen-bond acceptors (Lipinski definition) is 1. The van der Waals surface area contributed by atoms with E-state index in [4.69, 9.17) is 0 Å². The molecule has 4 heteroatoms. The van der Waals surface area contributed by atoms with Crippen molar-refractivity contribution in [1.29, 1.82) is 0 Å². The lowest BCUT2D eigenvalue weighted by Gasteiger charge is -2.29. The second-order valence-electron chi connectivity index (χ2n) is 5.64. The standard InChI is InChI=1S/C17H19BrN2O/c1-12(13-5-2-6-14(18)11-13)19-17(21)16-9-4-10-20(16)15-7-3-8-15/h2,4-6,9-12,15H,3,7-8H2,1H3,(H,19,21). The third kappa shape index (κ3) is 3.05. The molecule has 0 aliphatic heterocycles. The van der Waals surface area contributed by atoms with Crippen molar-refractivity contribution in [2.75, 3.05) is 0 Å². The van der Waals surface area contributed by atoms with E-state index in [1.165, 1.54) is 19.3 Å². The molecule has 1 fully saturated rings. The van der Waals surface area contributed by atoms with Gasteiger partial charge in [-0.15, -0.1) is 0 Å². The molecule has 0 saturated heterocycles. The van der Waals surface area contributed by atoms with Gasteiger partial charge in [0.1, 0.15) is 5.69 Å². The first-order valence-electron chi connectivity index (χ1n) is 7.38. The molecule has 1 unspecified atom stereocenters. The van der Waals surface area contributed by atoms with Gasteiger partial charge >= 0.3 is 0 Å². The molecule has 1 aromatic heterocycles. The third-order valence-corrected chi connectivity index (χ3v) is 4.67. The molecule has 1 saturated carbocycles. The normalized spacial score (nSPS) is 16.3. The molecule has 1 aliphatic rings. The summed E-state index contributed by atoms with van der Waals surface area (Å²) in [5.41, 5.74) is 1.86. The topological polar surface area (TPSA) is 34.0 Å². The van der Waals surface area contributed by atoms with E-state index < -0.39 is 0 Å². The van der Waals surface area contributed by atoms with Crippen LogP contribution in [-0.2, 0) is 0 Å². The van der Waals surface area contributed by atoms with Gasteiger partial charge in [-0.3, -0.25) is 4.79 Å². The highest BCUT2D eigenvalue weighted by Crippen LogP contribution is 2.32. The predicted molar refractivity (Wildman–Crippen MR) is 87.3 cm³/mol. The number of nitrogens with zero attached hydrogens (tertiary/aromatic N) is 1. The van der Waals surface area contributed by atoms with Gasteiger partial charge in [0, 0.05) is 16.7 Å². The molecule has 110 valence electrons. The van der Waals surface area contributed by atoms with Crippen LogP contribution in [0, 0.1) is 0 Å². The van der Waals surface area contributed by atoms with Crippen LogP contribution < -0.4 is 5.32 Å². The number of carbonyl (C=O) groups excluding carboxylic acids is 1. The average Bonchev–Trinajstić information content (AvgIpc) is 2.85. The second kappa shape index (κ2) is 6.06. The highest BCUT2D eigenvalue weighted by atomic mass is 79.9. The lowest BCUT2D eigenvalue weighted by Crippen LogP contribution is -2.30. The van der Waals surface area contributed by atoms with Crippen LogP contribution in [0.2, 0.25) is 0 Å². The fourth-order valence-electron chi connectivity index (χ4n) is 2.70. The van der Waals surface area contributed by atoms with E-state index in [0.717, 1.165) is 15.7 Å². The summed E-state index contributed by atoms with van der Waals surface area (Å²) in [7, 11) is 0. The van der Waals surface area contributed by atoms with Crippen LogP contribution in [0.25, 0.3) is 0 Å². The van der Waals surface area contributed by atoms with Gasteiger partial charge in [0.15, 0.2) is 0 Å². The third-order valence-electron chi connectivity index (χ3n) is 4.18. The van der Waals surface area contributed by atoms with Crippen molar-refractivity contribution in [3.8, 4) is 0 Å². The Labute approximate surface area is 133 Å². The first-order chi connectivity index (χ1) is 10.1. The number of rotatable bonds is 4. The predicted octanol–water partition coefficient (Wildman–Crippen LogP) is 4.47. The van der Waals surface area contributed by atoms with Crippen molar-refractivity contribution in [3.05, 3.63) is 58.3 Å². The van der Waals surface area contributed by atoms with Crippen LogP contribution in [-0.4, -0.2) is 10.5 Å². The monoisotopic (exact) mass is 346 g/mol. The molecule has 1 N–H and O–H groups in total. The zero-order valence-corrected chi connectivity index (χ0v) is 13.6. The number of halogens is 1. The zero-order chi connectivity index (χ0) is 14.8. The maximum Gasteiger partial charge on any atom is 0.268 e. The molecular formula is C17H19BrN2O. The highest BCUT2D eigenvalue weighted by molar-refractivity contribution is 9.10. The van der Waals surface area contributed by atoms with Crippen LogP contribution in [0.1, 0.15) is 54.3 Å². The van der Waals surface area contributed by atoms with Gasteiger partial charge in [-0.2, -0.15) is 0 Å². The smallest absolute Gasteiger partial charge is 0.268 e. The zero-order valence-electron chi connectivity index (χ0n) is 12.1. The largest absolute Gasteiger partial charge is 0.344 e. The maximum absolute atomic E-state index is 12.5. The Bertz CT molecular complexity index is 646. The second-order valence-corrected chi connectivity index (χ2v) is 6.55. The Morgan fingerprint density at radius 2 is 2.14 bits per heavy atom. The fourth-order valence-corrected chi connectivity index (χ4v) is 3.12. The van der Waals surface area contributed by atoms with Crippen LogP contribution in [0.4, 0.5) is 0 Å². The SMILES string of the molecule is CC(NC(=O)c1cccn1C1CCC1)c1cccc(Br)c1. The van der Waals surface area contributed by atoms with Crippen molar-refractivity contribution in [1.82, 2.24) is 9.88 Å². The Morgan fingerprint density at radius 3 is 2.81 bits per heavy atom. The molecular weight excluding hydrogens is 328 g/mol. The summed E-state index contributed by atoms with van der Waals surface area (Å²) in [6.45, 7) is 2.01. The number of carbonyl (C=O) groups is 1. The molecule has 2 aromatic rings. The number of benzene rings is 1. The molecule has 1 aliphatic carbocycles. The van der Waals surface area contributed by atoms with Gasteiger partial charge in [0.25, 0.3) is 5.91 Å².